The van der Waals surface area contributed by atoms with Gasteiger partial charge < -0.3 is 14.8 Å². The van der Waals surface area contributed by atoms with E-state index in [0.717, 1.165) is 28.2 Å². The summed E-state index contributed by atoms with van der Waals surface area (Å²) in [4.78, 5) is 12.3. The number of hydrogen-bond acceptors (Lipinski definition) is 3. The predicted octanol–water partition coefficient (Wildman–Crippen LogP) is 5.05. The molecule has 4 nitrogen and oxygen atoms in total. The molecule has 0 radical (unpaired) electrons. The molecule has 1 amide bonds. The SMILES string of the molecule is COc1ccccc1C(C)CC(=O)NCCOc1ccccc1-c1ccccc1. The van der Waals surface area contributed by atoms with E-state index in [1.165, 1.54) is 0 Å². The number of carbonyl (C=O) groups is 1. The number of nitrogens with one attached hydrogen (secondary N) is 1. The molecule has 3 aromatic carbocycles. The average Bonchev–Trinajstić information content (AvgIpc) is 2.77. The number of rotatable bonds is 9. The lowest BCUT2D eigenvalue weighted by molar-refractivity contribution is -0.121. The molecular formula is C25H27NO3. The number of hydrogen-bond donors (Lipinski definition) is 1. The Morgan fingerprint density at radius 3 is 2.31 bits per heavy atom. The Kier molecular flexibility index (Phi) is 7.28. The predicted molar refractivity (Wildman–Crippen MR) is 116 cm³/mol. The van der Waals surface area contributed by atoms with E-state index in [1.54, 1.807) is 7.11 Å². The third kappa shape index (κ3) is 5.61. The van der Waals surface area contributed by atoms with Crippen LogP contribution in [0.3, 0.4) is 0 Å². The molecule has 0 spiro atoms. The topological polar surface area (TPSA) is 47.6 Å². The van der Waals surface area contributed by atoms with Crippen molar-refractivity contribution in [3.05, 3.63) is 84.4 Å². The van der Waals surface area contributed by atoms with Gasteiger partial charge in [-0.25, -0.2) is 0 Å². The molecule has 1 atom stereocenters. The van der Waals surface area contributed by atoms with Crippen LogP contribution in [0.4, 0.5) is 0 Å². The maximum absolute atomic E-state index is 12.3. The Hall–Kier alpha value is -3.27. The van der Waals surface area contributed by atoms with E-state index in [4.69, 9.17) is 9.47 Å². The molecule has 0 aliphatic heterocycles. The molecule has 0 aliphatic rings. The van der Waals surface area contributed by atoms with Crippen LogP contribution in [0.5, 0.6) is 11.5 Å². The fraction of sp³-hybridized carbons (Fsp3) is 0.240. The van der Waals surface area contributed by atoms with Gasteiger partial charge in [-0.3, -0.25) is 4.79 Å². The number of carbonyl (C=O) groups excluding carboxylic acids is 1. The molecule has 3 aromatic rings. The van der Waals surface area contributed by atoms with Gasteiger partial charge in [-0.2, -0.15) is 0 Å². The lowest BCUT2D eigenvalue weighted by atomic mass is 9.96. The molecular weight excluding hydrogens is 362 g/mol. The van der Waals surface area contributed by atoms with Crippen LogP contribution in [0.2, 0.25) is 0 Å². The van der Waals surface area contributed by atoms with E-state index >= 15 is 0 Å². The van der Waals surface area contributed by atoms with Gasteiger partial charge in [-0.1, -0.05) is 73.7 Å². The molecule has 0 heterocycles. The quantitative estimate of drug-likeness (QED) is 0.521. The Labute approximate surface area is 172 Å². The Bertz CT molecular complexity index is 924. The number of amides is 1. The number of methoxy groups -OCH3 is 1. The van der Waals surface area contributed by atoms with Crippen LogP contribution in [0.25, 0.3) is 11.1 Å². The first-order chi connectivity index (χ1) is 14.2. The summed E-state index contributed by atoms with van der Waals surface area (Å²) in [5.41, 5.74) is 3.19. The van der Waals surface area contributed by atoms with Gasteiger partial charge in [0, 0.05) is 12.0 Å². The van der Waals surface area contributed by atoms with Crippen molar-refractivity contribution in [3.63, 3.8) is 0 Å². The average molecular weight is 389 g/mol. The second kappa shape index (κ2) is 10.3. The molecule has 1 unspecified atom stereocenters. The maximum Gasteiger partial charge on any atom is 0.220 e. The minimum absolute atomic E-state index is 0.00310. The molecule has 0 aliphatic carbocycles. The minimum Gasteiger partial charge on any atom is -0.496 e. The van der Waals surface area contributed by atoms with Crippen LogP contribution in [0.1, 0.15) is 24.8 Å². The molecule has 0 saturated carbocycles. The first-order valence-corrected chi connectivity index (χ1v) is 9.86. The molecule has 150 valence electrons. The van der Waals surface area contributed by atoms with Crippen LogP contribution >= 0.6 is 0 Å². The van der Waals surface area contributed by atoms with Crippen molar-refractivity contribution in [1.29, 1.82) is 0 Å². The summed E-state index contributed by atoms with van der Waals surface area (Å²) in [6.07, 6.45) is 0.404. The lowest BCUT2D eigenvalue weighted by Gasteiger charge is -2.16. The highest BCUT2D eigenvalue weighted by atomic mass is 16.5. The molecule has 1 N–H and O–H groups in total. The van der Waals surface area contributed by atoms with Crippen molar-refractivity contribution in [2.24, 2.45) is 0 Å². The zero-order valence-corrected chi connectivity index (χ0v) is 16.9. The number of para-hydroxylation sites is 2. The van der Waals surface area contributed by atoms with Gasteiger partial charge in [0.1, 0.15) is 18.1 Å². The fourth-order valence-corrected chi connectivity index (χ4v) is 3.33. The van der Waals surface area contributed by atoms with Crippen LogP contribution in [0.15, 0.2) is 78.9 Å². The van der Waals surface area contributed by atoms with Crippen molar-refractivity contribution < 1.29 is 14.3 Å². The van der Waals surface area contributed by atoms with Gasteiger partial charge in [0.15, 0.2) is 0 Å². The second-order valence-electron chi connectivity index (χ2n) is 6.91. The maximum atomic E-state index is 12.3. The monoisotopic (exact) mass is 389 g/mol. The molecule has 0 bridgehead atoms. The summed E-state index contributed by atoms with van der Waals surface area (Å²) in [6, 6.07) is 25.9. The van der Waals surface area contributed by atoms with Crippen molar-refractivity contribution in [1.82, 2.24) is 5.32 Å². The van der Waals surface area contributed by atoms with Crippen molar-refractivity contribution in [2.45, 2.75) is 19.3 Å². The van der Waals surface area contributed by atoms with E-state index in [-0.39, 0.29) is 11.8 Å². The fourth-order valence-electron chi connectivity index (χ4n) is 3.33. The molecule has 29 heavy (non-hydrogen) atoms. The van der Waals surface area contributed by atoms with Crippen molar-refractivity contribution in [2.75, 3.05) is 20.3 Å². The third-order valence-electron chi connectivity index (χ3n) is 4.82. The lowest BCUT2D eigenvalue weighted by Crippen LogP contribution is -2.29. The molecule has 0 fully saturated rings. The largest absolute Gasteiger partial charge is 0.496 e. The summed E-state index contributed by atoms with van der Waals surface area (Å²) in [6.45, 7) is 2.91. The third-order valence-corrected chi connectivity index (χ3v) is 4.82. The van der Waals surface area contributed by atoms with Crippen LogP contribution in [-0.4, -0.2) is 26.2 Å². The van der Waals surface area contributed by atoms with E-state index < -0.39 is 0 Å². The van der Waals surface area contributed by atoms with Gasteiger partial charge >= 0.3 is 0 Å². The standard InChI is InChI=1S/C25H27NO3/c1-19(21-12-6-8-14-23(21)28-2)18-25(27)26-16-17-29-24-15-9-7-13-22(24)20-10-4-3-5-11-20/h3-15,19H,16-18H2,1-2H3,(H,26,27). The second-order valence-corrected chi connectivity index (χ2v) is 6.91. The van der Waals surface area contributed by atoms with Crippen molar-refractivity contribution >= 4 is 5.91 Å². The van der Waals surface area contributed by atoms with Gasteiger partial charge in [-0.15, -0.1) is 0 Å². The first kappa shape index (κ1) is 20.5. The molecule has 4 heteroatoms. The molecule has 3 rings (SSSR count). The first-order valence-electron chi connectivity index (χ1n) is 9.86. The van der Waals surface area contributed by atoms with E-state index in [9.17, 15) is 4.79 Å². The van der Waals surface area contributed by atoms with E-state index in [2.05, 4.69) is 17.4 Å². The molecule has 0 saturated heterocycles. The van der Waals surface area contributed by atoms with Crippen LogP contribution in [0, 0.1) is 0 Å². The summed E-state index contributed by atoms with van der Waals surface area (Å²) >= 11 is 0. The van der Waals surface area contributed by atoms with Gasteiger partial charge in [0.05, 0.1) is 13.7 Å². The van der Waals surface area contributed by atoms with Gasteiger partial charge in [-0.05, 0) is 29.2 Å². The summed E-state index contributed by atoms with van der Waals surface area (Å²) < 4.78 is 11.3. The van der Waals surface area contributed by atoms with E-state index in [1.807, 2.05) is 73.7 Å². The smallest absolute Gasteiger partial charge is 0.220 e. The van der Waals surface area contributed by atoms with Gasteiger partial charge in [0.25, 0.3) is 0 Å². The Morgan fingerprint density at radius 2 is 1.55 bits per heavy atom. The number of benzene rings is 3. The van der Waals surface area contributed by atoms with Crippen molar-refractivity contribution in [3.8, 4) is 22.6 Å². The normalized spacial score (nSPS) is 11.5. The summed E-state index contributed by atoms with van der Waals surface area (Å²) in [7, 11) is 1.65. The minimum atomic E-state index is 0.00310. The number of ether oxygens (including phenoxy) is 2. The summed E-state index contributed by atoms with van der Waals surface area (Å²) in [5, 5.41) is 2.95. The highest BCUT2D eigenvalue weighted by Gasteiger charge is 2.14. The zero-order valence-electron chi connectivity index (χ0n) is 16.9. The van der Waals surface area contributed by atoms with Crippen LogP contribution < -0.4 is 14.8 Å². The summed E-state index contributed by atoms with van der Waals surface area (Å²) in [5.74, 6) is 1.71. The zero-order chi connectivity index (χ0) is 20.5. The Morgan fingerprint density at radius 1 is 0.897 bits per heavy atom. The molecule has 0 aromatic heterocycles. The van der Waals surface area contributed by atoms with Crippen LogP contribution in [-0.2, 0) is 4.79 Å². The van der Waals surface area contributed by atoms with Gasteiger partial charge in [0.2, 0.25) is 5.91 Å². The van der Waals surface area contributed by atoms with E-state index in [0.29, 0.717) is 19.6 Å². The highest BCUT2D eigenvalue weighted by molar-refractivity contribution is 5.77. The highest BCUT2D eigenvalue weighted by Crippen LogP contribution is 2.30. The Balaban J connectivity index is 1.49.